The molecule has 0 radical (unpaired) electrons. The van der Waals surface area contributed by atoms with Gasteiger partial charge in [0, 0.05) is 26.7 Å². The molecule has 5 heteroatoms. The Morgan fingerprint density at radius 1 is 0.920 bits per heavy atom. The first-order valence-corrected chi connectivity index (χ1v) is 8.46. The fourth-order valence-corrected chi connectivity index (χ4v) is 2.45. The minimum absolute atomic E-state index is 0. The van der Waals surface area contributed by atoms with Crippen LogP contribution in [0.4, 0.5) is 0 Å². The highest BCUT2D eigenvalue weighted by Gasteiger charge is 2.02. The second-order valence-corrected chi connectivity index (χ2v) is 5.92. The summed E-state index contributed by atoms with van der Waals surface area (Å²) in [5.74, 6) is 0.815. The van der Waals surface area contributed by atoms with E-state index in [0.29, 0.717) is 0 Å². The van der Waals surface area contributed by atoms with Crippen LogP contribution in [0.15, 0.2) is 59.6 Å². The van der Waals surface area contributed by atoms with Crippen LogP contribution in [0.5, 0.6) is 0 Å². The van der Waals surface area contributed by atoms with E-state index in [4.69, 9.17) is 0 Å². The van der Waals surface area contributed by atoms with Crippen molar-refractivity contribution in [3.8, 4) is 0 Å². The first-order valence-electron chi connectivity index (χ1n) is 8.46. The molecule has 0 spiro atoms. The van der Waals surface area contributed by atoms with Crippen molar-refractivity contribution < 1.29 is 0 Å². The Morgan fingerprint density at radius 2 is 1.52 bits per heavy atom. The number of hydrogen-bond acceptors (Lipinski definition) is 2. The number of nitrogens with one attached hydrogen (secondary N) is 2. The van der Waals surface area contributed by atoms with Gasteiger partial charge in [0.15, 0.2) is 5.96 Å². The predicted molar refractivity (Wildman–Crippen MR) is 117 cm³/mol. The lowest BCUT2D eigenvalue weighted by atomic mass is 10.1. The fraction of sp³-hybridized carbons (Fsp3) is 0.350. The number of aliphatic imine (C=N–C) groups is 1. The van der Waals surface area contributed by atoms with Gasteiger partial charge in [-0.15, -0.1) is 24.0 Å². The smallest absolute Gasteiger partial charge is 0.191 e. The molecular formula is C20H29IN4. The molecule has 0 aliphatic carbocycles. The van der Waals surface area contributed by atoms with Gasteiger partial charge >= 0.3 is 0 Å². The highest BCUT2D eigenvalue weighted by atomic mass is 127. The van der Waals surface area contributed by atoms with Gasteiger partial charge < -0.3 is 15.5 Å². The first kappa shape index (κ1) is 21.4. The largest absolute Gasteiger partial charge is 0.352 e. The summed E-state index contributed by atoms with van der Waals surface area (Å²) >= 11 is 0. The Hall–Kier alpha value is -1.60. The van der Waals surface area contributed by atoms with Gasteiger partial charge in [0.05, 0.1) is 0 Å². The monoisotopic (exact) mass is 452 g/mol. The van der Waals surface area contributed by atoms with Crippen LogP contribution in [0.3, 0.4) is 0 Å². The van der Waals surface area contributed by atoms with Crippen LogP contribution < -0.4 is 10.6 Å². The van der Waals surface area contributed by atoms with Gasteiger partial charge in [0.2, 0.25) is 0 Å². The molecule has 4 nitrogen and oxygen atoms in total. The normalized spacial score (nSPS) is 11.1. The Bertz CT molecular complexity index is 643. The maximum Gasteiger partial charge on any atom is 0.191 e. The second kappa shape index (κ2) is 11.9. The van der Waals surface area contributed by atoms with Crippen molar-refractivity contribution in [1.29, 1.82) is 0 Å². The predicted octanol–water partition coefficient (Wildman–Crippen LogP) is 3.62. The molecule has 2 aromatic rings. The van der Waals surface area contributed by atoms with Crippen LogP contribution in [0.25, 0.3) is 0 Å². The van der Waals surface area contributed by atoms with E-state index in [1.54, 1.807) is 7.05 Å². The number of hydrogen-bond donors (Lipinski definition) is 2. The number of guanidine groups is 1. The van der Waals surface area contributed by atoms with E-state index in [9.17, 15) is 0 Å². The van der Waals surface area contributed by atoms with Gasteiger partial charge in [-0.3, -0.25) is 4.99 Å². The summed E-state index contributed by atoms with van der Waals surface area (Å²) in [7, 11) is 3.94. The van der Waals surface area contributed by atoms with Gasteiger partial charge in [-0.05, 0) is 30.3 Å². The van der Waals surface area contributed by atoms with Crippen LogP contribution in [0.2, 0.25) is 0 Å². The molecule has 136 valence electrons. The number of rotatable bonds is 7. The van der Waals surface area contributed by atoms with Crippen molar-refractivity contribution in [3.05, 3.63) is 71.3 Å². The number of benzene rings is 2. The van der Waals surface area contributed by atoms with Crippen molar-refractivity contribution in [1.82, 2.24) is 15.5 Å². The van der Waals surface area contributed by atoms with E-state index in [-0.39, 0.29) is 24.0 Å². The molecule has 0 unspecified atom stereocenters. The molecule has 0 atom stereocenters. The summed E-state index contributed by atoms with van der Waals surface area (Å²) in [6, 6.07) is 19.0. The van der Waals surface area contributed by atoms with Gasteiger partial charge in [-0.25, -0.2) is 0 Å². The van der Waals surface area contributed by atoms with Crippen LogP contribution in [0, 0.1) is 0 Å². The lowest BCUT2D eigenvalue weighted by Crippen LogP contribution is -2.36. The van der Waals surface area contributed by atoms with E-state index >= 15 is 0 Å². The summed E-state index contributed by atoms with van der Waals surface area (Å²) in [5, 5.41) is 6.72. The minimum atomic E-state index is 0. The molecule has 0 aliphatic rings. The zero-order valence-electron chi connectivity index (χ0n) is 15.3. The zero-order valence-corrected chi connectivity index (χ0v) is 17.7. The molecule has 0 saturated carbocycles. The van der Waals surface area contributed by atoms with Crippen molar-refractivity contribution in [2.24, 2.45) is 4.99 Å². The second-order valence-electron chi connectivity index (χ2n) is 5.92. The van der Waals surface area contributed by atoms with Crippen LogP contribution in [-0.4, -0.2) is 31.5 Å². The third-order valence-corrected chi connectivity index (χ3v) is 3.97. The summed E-state index contributed by atoms with van der Waals surface area (Å²) in [6.45, 7) is 5.73. The van der Waals surface area contributed by atoms with Gasteiger partial charge in [0.1, 0.15) is 0 Å². The maximum atomic E-state index is 4.29. The standard InChI is InChI=1S/C20H28N4.HI/c1-4-24(3)16-19-12-8-11-18(13-19)15-23-20(21-2)22-14-17-9-6-5-7-10-17;/h5-13H,4,14-16H2,1-3H3,(H2,21,22,23);1H. The molecule has 25 heavy (non-hydrogen) atoms. The highest BCUT2D eigenvalue weighted by Crippen LogP contribution is 2.07. The quantitative estimate of drug-likeness (QED) is 0.383. The minimum Gasteiger partial charge on any atom is -0.352 e. The topological polar surface area (TPSA) is 39.7 Å². The Labute approximate surface area is 168 Å². The van der Waals surface area contributed by atoms with Crippen molar-refractivity contribution >= 4 is 29.9 Å². The molecule has 2 N–H and O–H groups in total. The average Bonchev–Trinajstić information content (AvgIpc) is 2.63. The lowest BCUT2D eigenvalue weighted by molar-refractivity contribution is 0.345. The molecular weight excluding hydrogens is 423 g/mol. The van der Waals surface area contributed by atoms with E-state index < -0.39 is 0 Å². The van der Waals surface area contributed by atoms with Crippen molar-refractivity contribution in [2.45, 2.75) is 26.6 Å². The Balaban J connectivity index is 0.00000312. The van der Waals surface area contributed by atoms with E-state index in [1.165, 1.54) is 16.7 Å². The van der Waals surface area contributed by atoms with Crippen molar-refractivity contribution in [2.75, 3.05) is 20.6 Å². The first-order chi connectivity index (χ1) is 11.7. The molecule has 2 rings (SSSR count). The maximum absolute atomic E-state index is 4.29. The van der Waals surface area contributed by atoms with Gasteiger partial charge in [0.25, 0.3) is 0 Å². The molecule has 0 aromatic heterocycles. The molecule has 2 aromatic carbocycles. The molecule has 0 saturated heterocycles. The lowest BCUT2D eigenvalue weighted by Gasteiger charge is -2.15. The molecule has 0 heterocycles. The summed E-state index contributed by atoms with van der Waals surface area (Å²) < 4.78 is 0. The highest BCUT2D eigenvalue weighted by molar-refractivity contribution is 14.0. The SMILES string of the molecule is CCN(C)Cc1cccc(CNC(=NC)NCc2ccccc2)c1.I. The Kier molecular flexibility index (Phi) is 10.2. The van der Waals surface area contributed by atoms with Crippen molar-refractivity contribution in [3.63, 3.8) is 0 Å². The van der Waals surface area contributed by atoms with E-state index in [0.717, 1.165) is 32.1 Å². The molecule has 0 fully saturated rings. The number of halogens is 1. The molecule has 0 amide bonds. The zero-order chi connectivity index (χ0) is 17.2. The number of nitrogens with zero attached hydrogens (tertiary/aromatic N) is 2. The summed E-state index contributed by atoms with van der Waals surface area (Å²) in [4.78, 5) is 6.59. The van der Waals surface area contributed by atoms with E-state index in [1.807, 2.05) is 18.2 Å². The third kappa shape index (κ3) is 7.88. The van der Waals surface area contributed by atoms with E-state index in [2.05, 4.69) is 70.9 Å². The average molecular weight is 452 g/mol. The summed E-state index contributed by atoms with van der Waals surface area (Å²) in [6.07, 6.45) is 0. The van der Waals surface area contributed by atoms with Gasteiger partial charge in [-0.1, -0.05) is 61.5 Å². The Morgan fingerprint density at radius 3 is 2.16 bits per heavy atom. The molecule has 0 bridgehead atoms. The summed E-state index contributed by atoms with van der Waals surface area (Å²) in [5.41, 5.74) is 3.84. The van der Waals surface area contributed by atoms with Crippen LogP contribution in [-0.2, 0) is 19.6 Å². The van der Waals surface area contributed by atoms with Crippen LogP contribution >= 0.6 is 24.0 Å². The van der Waals surface area contributed by atoms with Gasteiger partial charge in [-0.2, -0.15) is 0 Å². The fourth-order valence-electron chi connectivity index (χ4n) is 2.45. The van der Waals surface area contributed by atoms with Crippen LogP contribution in [0.1, 0.15) is 23.6 Å². The third-order valence-electron chi connectivity index (χ3n) is 3.97. The molecule has 0 aliphatic heterocycles.